The monoisotopic (exact) mass is 442 g/mol. The van der Waals surface area contributed by atoms with E-state index in [4.69, 9.17) is 14.2 Å². The number of hydrogen-bond donors (Lipinski definition) is 5. The molecule has 2 heterocycles. The van der Waals surface area contributed by atoms with Gasteiger partial charge in [-0.25, -0.2) is 0 Å². The Morgan fingerprint density at radius 2 is 1.62 bits per heavy atom. The van der Waals surface area contributed by atoms with Crippen molar-refractivity contribution in [2.45, 2.75) is 44.1 Å². The predicted octanol–water partition coefficient (Wildman–Crippen LogP) is 1.28. The molecule has 0 saturated carbocycles. The third-order valence-corrected chi connectivity index (χ3v) is 5.40. The summed E-state index contributed by atoms with van der Waals surface area (Å²) in [5, 5.41) is 46.5. The third-order valence-electron chi connectivity index (χ3n) is 5.40. The van der Waals surface area contributed by atoms with Crippen LogP contribution in [0.5, 0.6) is 17.4 Å². The molecule has 9 heteroatoms. The summed E-state index contributed by atoms with van der Waals surface area (Å²) in [5.41, 5.74) is 2.50. The van der Waals surface area contributed by atoms with Crippen molar-refractivity contribution < 1.29 is 34.6 Å². The number of aryl methyl sites for hydroxylation is 1. The van der Waals surface area contributed by atoms with Crippen molar-refractivity contribution in [1.82, 2.24) is 10.2 Å². The number of nitrogens with zero attached hydrogens (tertiary/aromatic N) is 1. The Morgan fingerprint density at radius 1 is 0.938 bits per heavy atom. The van der Waals surface area contributed by atoms with Gasteiger partial charge in [-0.1, -0.05) is 30.3 Å². The second-order valence-corrected chi connectivity index (χ2v) is 7.68. The molecule has 4 rings (SSSR count). The van der Waals surface area contributed by atoms with E-state index in [2.05, 4.69) is 10.2 Å². The molecule has 5 atom stereocenters. The zero-order valence-electron chi connectivity index (χ0n) is 17.5. The van der Waals surface area contributed by atoms with Crippen molar-refractivity contribution in [3.05, 3.63) is 71.4 Å². The lowest BCUT2D eigenvalue weighted by molar-refractivity contribution is -0.278. The first kappa shape index (κ1) is 22.3. The van der Waals surface area contributed by atoms with Crippen LogP contribution in [0.1, 0.15) is 16.8 Å². The van der Waals surface area contributed by atoms with Crippen molar-refractivity contribution >= 4 is 0 Å². The Morgan fingerprint density at radius 3 is 2.31 bits per heavy atom. The minimum atomic E-state index is -1.52. The number of aliphatic hydroxyl groups excluding tert-OH is 4. The van der Waals surface area contributed by atoms with Crippen molar-refractivity contribution in [1.29, 1.82) is 0 Å². The van der Waals surface area contributed by atoms with Gasteiger partial charge in [0.2, 0.25) is 12.2 Å². The minimum absolute atomic E-state index is 0.205. The molecule has 0 spiro atoms. The number of aliphatic hydroxyl groups is 4. The van der Waals surface area contributed by atoms with Gasteiger partial charge in [0.1, 0.15) is 35.9 Å². The first-order valence-corrected chi connectivity index (χ1v) is 10.3. The molecule has 2 aromatic carbocycles. The van der Waals surface area contributed by atoms with Crippen molar-refractivity contribution in [2.75, 3.05) is 6.61 Å². The summed E-state index contributed by atoms with van der Waals surface area (Å²) in [6, 6.07) is 17.1. The van der Waals surface area contributed by atoms with Crippen molar-refractivity contribution in [3.63, 3.8) is 0 Å². The molecule has 0 bridgehead atoms. The van der Waals surface area contributed by atoms with E-state index in [1.807, 2.05) is 61.5 Å². The second kappa shape index (κ2) is 9.68. The summed E-state index contributed by atoms with van der Waals surface area (Å²) < 4.78 is 17.0. The highest BCUT2D eigenvalue weighted by atomic mass is 16.7. The van der Waals surface area contributed by atoms with Gasteiger partial charge in [-0.2, -0.15) is 0 Å². The standard InChI is InChI=1S/C23H26N2O7/c1-13-17(11-14-7-9-16(10-8-14)30-15-5-3-2-4-6-15)22(25-24-13)32-23-21(29)20(28)19(27)18(12-26)31-23/h2-10,18-21,23,26-29H,11-12H2,1H3,(H,24,25)/t18-,19-,20+,21-,23+/m1/s1. The fraction of sp³-hybridized carbons (Fsp3) is 0.348. The molecular formula is C23H26N2O7. The molecule has 170 valence electrons. The fourth-order valence-corrected chi connectivity index (χ4v) is 3.51. The number of nitrogens with one attached hydrogen (secondary N) is 1. The summed E-state index contributed by atoms with van der Waals surface area (Å²) in [4.78, 5) is 0. The molecule has 0 aliphatic carbocycles. The summed E-state index contributed by atoms with van der Waals surface area (Å²) >= 11 is 0. The highest BCUT2D eigenvalue weighted by Gasteiger charge is 2.45. The van der Waals surface area contributed by atoms with Crippen LogP contribution < -0.4 is 9.47 Å². The van der Waals surface area contributed by atoms with E-state index >= 15 is 0 Å². The predicted molar refractivity (Wildman–Crippen MR) is 113 cm³/mol. The van der Waals surface area contributed by atoms with E-state index in [9.17, 15) is 20.4 Å². The quantitative estimate of drug-likeness (QED) is 0.369. The van der Waals surface area contributed by atoms with Crippen molar-refractivity contribution in [2.24, 2.45) is 0 Å². The van der Waals surface area contributed by atoms with Crippen LogP contribution in [0.15, 0.2) is 54.6 Å². The van der Waals surface area contributed by atoms with Crippen LogP contribution in [-0.2, 0) is 11.2 Å². The first-order chi connectivity index (χ1) is 15.5. The van der Waals surface area contributed by atoms with E-state index < -0.39 is 37.3 Å². The number of aromatic nitrogens is 2. The van der Waals surface area contributed by atoms with E-state index in [0.717, 1.165) is 22.6 Å². The molecule has 1 fully saturated rings. The molecule has 32 heavy (non-hydrogen) atoms. The van der Waals surface area contributed by atoms with Crippen LogP contribution in [0, 0.1) is 6.92 Å². The number of ether oxygens (including phenoxy) is 3. The Balaban J connectivity index is 1.46. The molecule has 3 aromatic rings. The number of para-hydroxylation sites is 1. The fourth-order valence-electron chi connectivity index (χ4n) is 3.51. The molecule has 1 aliphatic rings. The van der Waals surface area contributed by atoms with Crippen LogP contribution in [0.25, 0.3) is 0 Å². The van der Waals surface area contributed by atoms with Crippen LogP contribution in [0.4, 0.5) is 0 Å². The number of benzene rings is 2. The van der Waals surface area contributed by atoms with Crippen LogP contribution in [-0.4, -0.2) is 67.9 Å². The average Bonchev–Trinajstić information content (AvgIpc) is 3.15. The lowest BCUT2D eigenvalue weighted by atomic mass is 9.99. The third kappa shape index (κ3) is 4.77. The van der Waals surface area contributed by atoms with Gasteiger partial charge in [0.05, 0.1) is 6.61 Å². The van der Waals surface area contributed by atoms with E-state index in [-0.39, 0.29) is 5.88 Å². The van der Waals surface area contributed by atoms with Crippen LogP contribution >= 0.6 is 0 Å². The largest absolute Gasteiger partial charge is 0.457 e. The van der Waals surface area contributed by atoms with Gasteiger partial charge in [-0.05, 0) is 36.8 Å². The van der Waals surface area contributed by atoms with Gasteiger partial charge in [0, 0.05) is 17.7 Å². The second-order valence-electron chi connectivity index (χ2n) is 7.68. The number of rotatable bonds is 7. The van der Waals surface area contributed by atoms with Gasteiger partial charge in [-0.3, -0.25) is 5.10 Å². The highest BCUT2D eigenvalue weighted by molar-refractivity contribution is 5.38. The molecule has 1 aliphatic heterocycles. The lowest BCUT2D eigenvalue weighted by Crippen LogP contribution is -2.60. The molecule has 1 saturated heterocycles. The Labute approximate surface area is 184 Å². The van der Waals surface area contributed by atoms with Gasteiger partial charge < -0.3 is 34.6 Å². The normalized spacial score (nSPS) is 25.5. The van der Waals surface area contributed by atoms with E-state index in [1.165, 1.54) is 0 Å². The highest BCUT2D eigenvalue weighted by Crippen LogP contribution is 2.29. The van der Waals surface area contributed by atoms with E-state index in [0.29, 0.717) is 12.2 Å². The molecule has 0 radical (unpaired) electrons. The molecule has 5 N–H and O–H groups in total. The zero-order chi connectivity index (χ0) is 22.7. The minimum Gasteiger partial charge on any atom is -0.457 e. The molecule has 0 amide bonds. The van der Waals surface area contributed by atoms with E-state index in [1.54, 1.807) is 0 Å². The van der Waals surface area contributed by atoms with Gasteiger partial charge >= 0.3 is 0 Å². The Hall–Kier alpha value is -2.95. The summed E-state index contributed by atoms with van der Waals surface area (Å²) in [6.07, 6.45) is -6.35. The number of hydrogen-bond acceptors (Lipinski definition) is 8. The SMILES string of the molecule is Cc1[nH]nc(O[C@@H]2O[C@H](CO)[C@@H](O)[C@H](O)[C@H]2O)c1Cc1ccc(Oc2ccccc2)cc1. The molecular weight excluding hydrogens is 416 g/mol. The molecule has 9 nitrogen and oxygen atoms in total. The van der Waals surface area contributed by atoms with Crippen LogP contribution in [0.3, 0.4) is 0 Å². The first-order valence-electron chi connectivity index (χ1n) is 10.3. The maximum atomic E-state index is 10.2. The smallest absolute Gasteiger partial charge is 0.238 e. The Bertz CT molecular complexity index is 1010. The molecule has 0 unspecified atom stereocenters. The summed E-state index contributed by atoms with van der Waals surface area (Å²) in [5.74, 6) is 1.67. The number of aromatic amines is 1. The average molecular weight is 442 g/mol. The molecule has 1 aromatic heterocycles. The lowest BCUT2D eigenvalue weighted by Gasteiger charge is -2.39. The van der Waals surface area contributed by atoms with Gasteiger partial charge in [0.25, 0.3) is 0 Å². The van der Waals surface area contributed by atoms with Gasteiger partial charge in [-0.15, -0.1) is 5.10 Å². The maximum absolute atomic E-state index is 10.2. The number of H-pyrrole nitrogens is 1. The summed E-state index contributed by atoms with van der Waals surface area (Å²) in [6.45, 7) is 1.31. The topological polar surface area (TPSA) is 137 Å². The maximum Gasteiger partial charge on any atom is 0.238 e. The summed E-state index contributed by atoms with van der Waals surface area (Å²) in [7, 11) is 0. The van der Waals surface area contributed by atoms with Crippen molar-refractivity contribution in [3.8, 4) is 17.4 Å². The zero-order valence-corrected chi connectivity index (χ0v) is 17.5. The van der Waals surface area contributed by atoms with Gasteiger partial charge in [0.15, 0.2) is 0 Å². The van der Waals surface area contributed by atoms with Crippen LogP contribution in [0.2, 0.25) is 0 Å². The Kier molecular flexibility index (Phi) is 6.73.